The first kappa shape index (κ1) is 12.1. The average Bonchev–Trinajstić information content (AvgIpc) is 2.68. The molecule has 0 spiro atoms. The van der Waals surface area contributed by atoms with Crippen LogP contribution in [0.25, 0.3) is 0 Å². The lowest BCUT2D eigenvalue weighted by Gasteiger charge is -2.06. The van der Waals surface area contributed by atoms with Gasteiger partial charge >= 0.3 is 5.69 Å². The summed E-state index contributed by atoms with van der Waals surface area (Å²) < 4.78 is 3.40. The number of hydrogen-bond acceptors (Lipinski definition) is 4. The monoisotopic (exact) mass is 315 g/mol. The molecule has 0 atom stereocenters. The number of aryl methyl sites for hydroxylation is 1. The molecule has 2 N–H and O–H groups in total. The molecule has 90 valence electrons. The largest absolute Gasteiger partial charge is 0.393 e. The van der Waals surface area contributed by atoms with E-state index < -0.39 is 5.56 Å². The molecular formula is C10H10BrN3O2S. The van der Waals surface area contributed by atoms with Gasteiger partial charge in [-0.2, -0.15) is 0 Å². The Bertz CT molecular complexity index is 637. The zero-order chi connectivity index (χ0) is 12.6. The van der Waals surface area contributed by atoms with Gasteiger partial charge in [0.1, 0.15) is 5.69 Å². The third kappa shape index (κ3) is 2.34. The summed E-state index contributed by atoms with van der Waals surface area (Å²) >= 11 is 4.81. The van der Waals surface area contributed by atoms with Gasteiger partial charge in [0.25, 0.3) is 5.56 Å². The second kappa shape index (κ2) is 4.50. The van der Waals surface area contributed by atoms with Crippen molar-refractivity contribution in [3.63, 3.8) is 0 Å². The van der Waals surface area contributed by atoms with E-state index in [4.69, 9.17) is 5.73 Å². The Labute approximate surface area is 109 Å². The van der Waals surface area contributed by atoms with Gasteiger partial charge in [-0.1, -0.05) is 0 Å². The highest BCUT2D eigenvalue weighted by Gasteiger charge is 2.09. The maximum absolute atomic E-state index is 11.8. The van der Waals surface area contributed by atoms with Crippen LogP contribution in [0.15, 0.2) is 31.7 Å². The first-order chi connectivity index (χ1) is 7.99. The third-order valence-corrected chi connectivity index (χ3v) is 3.91. The minimum Gasteiger partial charge on any atom is -0.393 e. The Morgan fingerprint density at radius 3 is 2.71 bits per heavy atom. The van der Waals surface area contributed by atoms with E-state index in [0.717, 1.165) is 13.2 Å². The zero-order valence-electron chi connectivity index (χ0n) is 9.01. The van der Waals surface area contributed by atoms with Gasteiger partial charge in [-0.05, 0) is 28.1 Å². The van der Waals surface area contributed by atoms with E-state index in [-0.39, 0.29) is 17.9 Å². The number of rotatable bonds is 2. The lowest BCUT2D eigenvalue weighted by molar-refractivity contribution is 0.648. The van der Waals surface area contributed by atoms with Crippen LogP contribution in [0, 0.1) is 0 Å². The Morgan fingerprint density at radius 1 is 1.41 bits per heavy atom. The topological polar surface area (TPSA) is 70.0 Å². The average molecular weight is 316 g/mol. The minimum absolute atomic E-state index is 0.0720. The third-order valence-electron chi connectivity index (χ3n) is 2.30. The fourth-order valence-electron chi connectivity index (χ4n) is 1.48. The lowest BCUT2D eigenvalue weighted by Crippen LogP contribution is -2.39. The minimum atomic E-state index is -0.447. The van der Waals surface area contributed by atoms with Crippen LogP contribution < -0.4 is 17.0 Å². The molecule has 0 aromatic carbocycles. The molecule has 0 saturated carbocycles. The predicted octanol–water partition coefficient (Wildman–Crippen LogP) is 1.00. The highest BCUT2D eigenvalue weighted by atomic mass is 79.9. The molecule has 0 aliphatic carbocycles. The second-order valence-corrected chi connectivity index (χ2v) is 6.12. The van der Waals surface area contributed by atoms with E-state index in [1.54, 1.807) is 7.05 Å². The van der Waals surface area contributed by atoms with Crippen molar-refractivity contribution in [3.05, 3.63) is 47.8 Å². The van der Waals surface area contributed by atoms with Crippen molar-refractivity contribution in [1.29, 1.82) is 0 Å². The summed E-state index contributed by atoms with van der Waals surface area (Å²) in [5.41, 5.74) is 4.81. The van der Waals surface area contributed by atoms with Crippen molar-refractivity contribution in [2.45, 2.75) is 6.54 Å². The Balaban J connectivity index is 2.53. The maximum Gasteiger partial charge on any atom is 0.331 e. The van der Waals surface area contributed by atoms with Gasteiger partial charge in [-0.3, -0.25) is 9.36 Å². The van der Waals surface area contributed by atoms with Crippen LogP contribution in [0.5, 0.6) is 0 Å². The van der Waals surface area contributed by atoms with Crippen molar-refractivity contribution < 1.29 is 0 Å². The first-order valence-corrected chi connectivity index (χ1v) is 6.40. The number of nitrogens with two attached hydrogens (primary N) is 1. The van der Waals surface area contributed by atoms with Crippen molar-refractivity contribution >= 4 is 33.0 Å². The van der Waals surface area contributed by atoms with Gasteiger partial charge in [-0.25, -0.2) is 4.79 Å². The van der Waals surface area contributed by atoms with Crippen LogP contribution in [0.3, 0.4) is 0 Å². The number of anilines is 1. The van der Waals surface area contributed by atoms with Gasteiger partial charge in [0, 0.05) is 18.1 Å². The van der Waals surface area contributed by atoms with E-state index in [2.05, 4.69) is 15.9 Å². The highest BCUT2D eigenvalue weighted by Crippen LogP contribution is 2.22. The summed E-state index contributed by atoms with van der Waals surface area (Å²) in [4.78, 5) is 24.5. The predicted molar refractivity (Wildman–Crippen MR) is 71.5 cm³/mol. The van der Waals surface area contributed by atoms with Crippen LogP contribution >= 0.6 is 27.3 Å². The quantitative estimate of drug-likeness (QED) is 0.899. The number of nitrogen functional groups attached to an aromatic ring is 1. The Morgan fingerprint density at radius 2 is 2.12 bits per heavy atom. The zero-order valence-corrected chi connectivity index (χ0v) is 11.4. The highest BCUT2D eigenvalue weighted by molar-refractivity contribution is 9.11. The van der Waals surface area contributed by atoms with Crippen LogP contribution in [0.4, 0.5) is 5.69 Å². The Kier molecular flexibility index (Phi) is 3.21. The number of aromatic nitrogens is 2. The number of hydrogen-bond donors (Lipinski definition) is 1. The fraction of sp³-hybridized carbons (Fsp3) is 0.200. The summed E-state index contributed by atoms with van der Waals surface area (Å²) in [6.45, 7) is 0.243. The van der Waals surface area contributed by atoms with E-state index in [0.29, 0.717) is 0 Å². The van der Waals surface area contributed by atoms with Crippen LogP contribution in [-0.2, 0) is 13.6 Å². The van der Waals surface area contributed by atoms with Crippen molar-refractivity contribution in [1.82, 2.24) is 9.13 Å². The molecule has 0 aliphatic heterocycles. The molecule has 2 heterocycles. The fourth-order valence-corrected chi connectivity index (χ4v) is 2.96. The Hall–Kier alpha value is -1.34. The van der Waals surface area contributed by atoms with Crippen LogP contribution in [0.1, 0.15) is 4.88 Å². The summed E-state index contributed by atoms with van der Waals surface area (Å²) in [6.07, 6.45) is 1.34. The normalized spacial score (nSPS) is 10.7. The van der Waals surface area contributed by atoms with Gasteiger partial charge in [-0.15, -0.1) is 11.3 Å². The van der Waals surface area contributed by atoms with E-state index >= 15 is 0 Å². The molecule has 0 amide bonds. The van der Waals surface area contributed by atoms with Gasteiger partial charge < -0.3 is 10.3 Å². The van der Waals surface area contributed by atoms with Crippen LogP contribution in [-0.4, -0.2) is 9.13 Å². The molecule has 0 saturated heterocycles. The van der Waals surface area contributed by atoms with Gasteiger partial charge in [0.15, 0.2) is 0 Å². The molecule has 2 rings (SSSR count). The maximum atomic E-state index is 11.8. The van der Waals surface area contributed by atoms with E-state index in [1.165, 1.54) is 22.1 Å². The van der Waals surface area contributed by atoms with Crippen molar-refractivity contribution in [3.8, 4) is 0 Å². The van der Waals surface area contributed by atoms with Crippen molar-refractivity contribution in [2.24, 2.45) is 7.05 Å². The molecule has 17 heavy (non-hydrogen) atoms. The second-order valence-electron chi connectivity index (χ2n) is 3.58. The molecule has 2 aromatic heterocycles. The molecule has 0 fully saturated rings. The van der Waals surface area contributed by atoms with Gasteiger partial charge in [0.05, 0.1) is 10.3 Å². The molecule has 0 aliphatic rings. The van der Waals surface area contributed by atoms with Crippen LogP contribution in [0.2, 0.25) is 0 Å². The standard InChI is InChI=1S/C10H10BrN3O2S/c1-13-5-7(12)9(15)14(10(13)16)4-6-2-3-8(11)17-6/h2-3,5H,4,12H2,1H3. The molecule has 7 heteroatoms. The smallest absolute Gasteiger partial charge is 0.331 e. The lowest BCUT2D eigenvalue weighted by atomic mass is 10.4. The van der Waals surface area contributed by atoms with E-state index in [9.17, 15) is 9.59 Å². The molecular weight excluding hydrogens is 306 g/mol. The summed E-state index contributed by atoms with van der Waals surface area (Å²) in [5.74, 6) is 0. The molecule has 0 bridgehead atoms. The summed E-state index contributed by atoms with van der Waals surface area (Å²) in [5, 5.41) is 0. The van der Waals surface area contributed by atoms with Gasteiger partial charge in [0.2, 0.25) is 0 Å². The molecule has 0 radical (unpaired) electrons. The SMILES string of the molecule is Cn1cc(N)c(=O)n(Cc2ccc(Br)s2)c1=O. The summed E-state index contributed by atoms with van der Waals surface area (Å²) in [6, 6.07) is 3.74. The number of nitrogens with zero attached hydrogens (tertiary/aromatic N) is 2. The molecule has 5 nitrogen and oxygen atoms in total. The molecule has 2 aromatic rings. The number of thiophene rings is 1. The van der Waals surface area contributed by atoms with E-state index in [1.807, 2.05) is 12.1 Å². The first-order valence-electron chi connectivity index (χ1n) is 4.79. The summed E-state index contributed by atoms with van der Waals surface area (Å²) in [7, 11) is 1.57. The number of halogens is 1. The molecule has 0 unspecified atom stereocenters. The van der Waals surface area contributed by atoms with Crippen molar-refractivity contribution in [2.75, 3.05) is 5.73 Å².